The van der Waals surface area contributed by atoms with Crippen LogP contribution in [0.4, 0.5) is 5.69 Å². The summed E-state index contributed by atoms with van der Waals surface area (Å²) in [5.74, 6) is 1.49. The molecular weight excluding hydrogens is 402 g/mol. The minimum Gasteiger partial charge on any atom is -0.497 e. The van der Waals surface area contributed by atoms with Crippen molar-refractivity contribution in [2.75, 3.05) is 19.0 Å². The third kappa shape index (κ3) is 6.21. The molecule has 2 rings (SSSR count). The molecule has 0 atom stereocenters. The number of anilines is 1. The first-order valence-electron chi connectivity index (χ1n) is 7.39. The Morgan fingerprint density at radius 3 is 2.72 bits per heavy atom. The zero-order chi connectivity index (χ0) is 18.1. The predicted molar refractivity (Wildman–Crippen MR) is 110 cm³/mol. The molecule has 5 nitrogen and oxygen atoms in total. The molecule has 2 aromatic rings. The molecule has 0 aromatic heterocycles. The topological polar surface area (TPSA) is 54.9 Å². The third-order valence-electron chi connectivity index (χ3n) is 3.05. The number of hydrogen-bond acceptors (Lipinski definition) is 4. The van der Waals surface area contributed by atoms with Gasteiger partial charge in [-0.3, -0.25) is 5.43 Å². The van der Waals surface area contributed by atoms with Crippen molar-refractivity contribution in [3.8, 4) is 11.5 Å². The van der Waals surface area contributed by atoms with Crippen LogP contribution in [0.15, 0.2) is 64.7 Å². The minimum absolute atomic E-state index is 0.380. The van der Waals surface area contributed by atoms with Crippen molar-refractivity contribution >= 4 is 45.2 Å². The number of hydrazone groups is 1. The smallest absolute Gasteiger partial charge is 0.191 e. The number of hydrogen-bond donors (Lipinski definition) is 2. The van der Waals surface area contributed by atoms with Gasteiger partial charge in [0.1, 0.15) is 18.1 Å². The Hall–Kier alpha value is -2.38. The Kier molecular flexibility index (Phi) is 7.43. The average Bonchev–Trinajstić information content (AvgIpc) is 2.61. The zero-order valence-electron chi connectivity index (χ0n) is 13.7. The number of nitrogens with zero attached hydrogens (tertiary/aromatic N) is 1. The van der Waals surface area contributed by atoms with E-state index in [-0.39, 0.29) is 0 Å². The summed E-state index contributed by atoms with van der Waals surface area (Å²) in [7, 11) is 1.62. The van der Waals surface area contributed by atoms with E-state index in [4.69, 9.17) is 21.7 Å². The normalized spacial score (nSPS) is 10.3. The van der Waals surface area contributed by atoms with Crippen molar-refractivity contribution in [2.45, 2.75) is 0 Å². The molecule has 0 unspecified atom stereocenters. The SMILES string of the molecule is C=CCOc1ccc(Br)cc1/C=N/NC(=S)Nc1ccc(OC)cc1. The average molecular weight is 420 g/mol. The van der Waals surface area contributed by atoms with Crippen LogP contribution in [-0.4, -0.2) is 25.0 Å². The first-order valence-corrected chi connectivity index (χ1v) is 8.60. The van der Waals surface area contributed by atoms with Gasteiger partial charge in [-0.1, -0.05) is 28.6 Å². The molecular formula is C18H18BrN3O2S. The van der Waals surface area contributed by atoms with E-state index in [9.17, 15) is 0 Å². The zero-order valence-corrected chi connectivity index (χ0v) is 16.1. The van der Waals surface area contributed by atoms with E-state index in [1.807, 2.05) is 42.5 Å². The van der Waals surface area contributed by atoms with Crippen molar-refractivity contribution in [3.05, 3.63) is 65.2 Å². The van der Waals surface area contributed by atoms with Gasteiger partial charge in [0.25, 0.3) is 0 Å². The lowest BCUT2D eigenvalue weighted by Crippen LogP contribution is -2.23. The van der Waals surface area contributed by atoms with Crippen LogP contribution < -0.4 is 20.2 Å². The molecule has 0 aliphatic rings. The van der Waals surface area contributed by atoms with Gasteiger partial charge in [0.15, 0.2) is 5.11 Å². The molecule has 2 N–H and O–H groups in total. The first-order chi connectivity index (χ1) is 12.1. The van der Waals surface area contributed by atoms with Crippen LogP contribution in [0.2, 0.25) is 0 Å². The molecule has 0 amide bonds. The van der Waals surface area contributed by atoms with Crippen molar-refractivity contribution in [1.82, 2.24) is 5.43 Å². The van der Waals surface area contributed by atoms with Gasteiger partial charge in [-0.2, -0.15) is 5.10 Å². The molecule has 25 heavy (non-hydrogen) atoms. The van der Waals surface area contributed by atoms with Gasteiger partial charge >= 0.3 is 0 Å². The number of ether oxygens (including phenoxy) is 2. The minimum atomic E-state index is 0.380. The Labute approximate surface area is 160 Å². The Bertz CT molecular complexity index is 763. The van der Waals surface area contributed by atoms with Gasteiger partial charge in [-0.05, 0) is 54.7 Å². The van der Waals surface area contributed by atoms with Gasteiger partial charge in [0, 0.05) is 15.7 Å². The fraction of sp³-hybridized carbons (Fsp3) is 0.111. The monoisotopic (exact) mass is 419 g/mol. The number of halogens is 1. The van der Waals surface area contributed by atoms with Crippen LogP contribution in [0.3, 0.4) is 0 Å². The summed E-state index contributed by atoms with van der Waals surface area (Å²) in [6.45, 7) is 4.07. The van der Waals surface area contributed by atoms with Crippen LogP contribution in [0.1, 0.15) is 5.56 Å². The second-order valence-electron chi connectivity index (χ2n) is 4.83. The Morgan fingerprint density at radius 2 is 2.04 bits per heavy atom. The molecule has 130 valence electrons. The van der Waals surface area contributed by atoms with Crippen LogP contribution in [0.25, 0.3) is 0 Å². The molecule has 2 aromatic carbocycles. The summed E-state index contributed by atoms with van der Waals surface area (Å²) in [6, 6.07) is 13.1. The van der Waals surface area contributed by atoms with Crippen molar-refractivity contribution in [3.63, 3.8) is 0 Å². The molecule has 0 saturated carbocycles. The molecule has 7 heteroatoms. The first kappa shape index (κ1) is 19.0. The highest BCUT2D eigenvalue weighted by Crippen LogP contribution is 2.21. The maximum absolute atomic E-state index is 5.60. The number of thiocarbonyl (C=S) groups is 1. The molecule has 0 spiro atoms. The van der Waals surface area contributed by atoms with Crippen molar-refractivity contribution in [2.24, 2.45) is 5.10 Å². The number of rotatable bonds is 7. The lowest BCUT2D eigenvalue weighted by molar-refractivity contribution is 0.362. The maximum Gasteiger partial charge on any atom is 0.191 e. The fourth-order valence-corrected chi connectivity index (χ4v) is 2.44. The lowest BCUT2D eigenvalue weighted by atomic mass is 10.2. The van der Waals surface area contributed by atoms with E-state index >= 15 is 0 Å². The van der Waals surface area contributed by atoms with Gasteiger partial charge in [-0.15, -0.1) is 0 Å². The lowest BCUT2D eigenvalue weighted by Gasteiger charge is -2.09. The highest BCUT2D eigenvalue weighted by Gasteiger charge is 2.02. The van der Waals surface area contributed by atoms with Gasteiger partial charge in [0.2, 0.25) is 0 Å². The van der Waals surface area contributed by atoms with E-state index < -0.39 is 0 Å². The van der Waals surface area contributed by atoms with Crippen LogP contribution in [-0.2, 0) is 0 Å². The number of benzene rings is 2. The highest BCUT2D eigenvalue weighted by molar-refractivity contribution is 9.10. The molecule has 0 saturated heterocycles. The molecule has 0 fully saturated rings. The Balaban J connectivity index is 1.96. The molecule has 0 aliphatic heterocycles. The van der Waals surface area contributed by atoms with Gasteiger partial charge in [0.05, 0.1) is 13.3 Å². The summed E-state index contributed by atoms with van der Waals surface area (Å²) < 4.78 is 11.6. The summed E-state index contributed by atoms with van der Waals surface area (Å²) in [6.07, 6.45) is 3.33. The fourth-order valence-electron chi connectivity index (χ4n) is 1.89. The van der Waals surface area contributed by atoms with Crippen molar-refractivity contribution in [1.29, 1.82) is 0 Å². The quantitative estimate of drug-likeness (QED) is 0.302. The van der Waals surface area contributed by atoms with E-state index in [2.05, 4.69) is 38.4 Å². The largest absolute Gasteiger partial charge is 0.497 e. The molecule has 0 radical (unpaired) electrons. The maximum atomic E-state index is 5.60. The second-order valence-corrected chi connectivity index (χ2v) is 6.16. The highest BCUT2D eigenvalue weighted by atomic mass is 79.9. The molecule has 0 bridgehead atoms. The van der Waals surface area contributed by atoms with Crippen LogP contribution in [0.5, 0.6) is 11.5 Å². The third-order valence-corrected chi connectivity index (χ3v) is 3.73. The summed E-state index contributed by atoms with van der Waals surface area (Å²) >= 11 is 8.66. The second kappa shape index (κ2) is 9.80. The number of nitrogens with one attached hydrogen (secondary N) is 2. The predicted octanol–water partition coefficient (Wildman–Crippen LogP) is 4.34. The standard InChI is InChI=1S/C18H18BrN3O2S/c1-3-10-24-17-9-4-14(19)11-13(17)12-20-22-18(25)21-15-5-7-16(23-2)8-6-15/h3-9,11-12H,1,10H2,2H3,(H2,21,22,25)/b20-12+. The number of methoxy groups -OCH3 is 1. The van der Waals surface area contributed by atoms with E-state index in [1.165, 1.54) is 0 Å². The summed E-state index contributed by atoms with van der Waals surface area (Å²) in [5.41, 5.74) is 4.43. The summed E-state index contributed by atoms with van der Waals surface area (Å²) in [5, 5.41) is 7.57. The van der Waals surface area contributed by atoms with Crippen molar-refractivity contribution < 1.29 is 9.47 Å². The summed E-state index contributed by atoms with van der Waals surface area (Å²) in [4.78, 5) is 0. The van der Waals surface area contributed by atoms with Crippen LogP contribution in [0, 0.1) is 0 Å². The van der Waals surface area contributed by atoms with Gasteiger partial charge in [-0.25, -0.2) is 0 Å². The van der Waals surface area contributed by atoms with E-state index in [1.54, 1.807) is 19.4 Å². The molecule has 0 heterocycles. The Morgan fingerprint density at radius 1 is 1.28 bits per heavy atom. The van der Waals surface area contributed by atoms with E-state index in [0.717, 1.165) is 21.5 Å². The van der Waals surface area contributed by atoms with E-state index in [0.29, 0.717) is 17.5 Å². The molecule has 0 aliphatic carbocycles. The van der Waals surface area contributed by atoms with Gasteiger partial charge < -0.3 is 14.8 Å². The van der Waals surface area contributed by atoms with Crippen LogP contribution >= 0.6 is 28.1 Å².